The number of nitrogens with one attached hydrogen (secondary N) is 1. The predicted molar refractivity (Wildman–Crippen MR) is 85.4 cm³/mol. The third kappa shape index (κ3) is 9.05. The quantitative estimate of drug-likeness (QED) is 0.772. The molecule has 0 atom stereocenters. The molecule has 4 nitrogen and oxygen atoms in total. The van der Waals surface area contributed by atoms with Gasteiger partial charge in [0.1, 0.15) is 5.60 Å². The van der Waals surface area contributed by atoms with Crippen LogP contribution in [0.25, 0.3) is 0 Å². The highest BCUT2D eigenvalue weighted by Crippen LogP contribution is 2.08. The van der Waals surface area contributed by atoms with Crippen LogP contribution in [0, 0.1) is 6.92 Å². The fraction of sp³-hybridized carbons (Fsp3) is 0.647. The molecule has 0 saturated carbocycles. The number of rotatable bonds is 7. The van der Waals surface area contributed by atoms with Gasteiger partial charge in [-0.1, -0.05) is 18.9 Å². The Morgan fingerprint density at radius 1 is 1.19 bits per heavy atom. The molecule has 0 fully saturated rings. The summed E-state index contributed by atoms with van der Waals surface area (Å²) in [5.74, 6) is 0. The lowest BCUT2D eigenvalue weighted by molar-refractivity contribution is 0.0527. The van der Waals surface area contributed by atoms with Crippen molar-refractivity contribution in [2.75, 3.05) is 6.54 Å². The average Bonchev–Trinajstić information content (AvgIpc) is 2.35. The molecule has 0 spiro atoms. The number of hydrogen-bond acceptors (Lipinski definition) is 3. The van der Waals surface area contributed by atoms with E-state index < -0.39 is 5.60 Å². The molecule has 1 aromatic heterocycles. The van der Waals surface area contributed by atoms with Crippen LogP contribution < -0.4 is 5.32 Å². The number of pyridine rings is 1. The first kappa shape index (κ1) is 17.5. The summed E-state index contributed by atoms with van der Waals surface area (Å²) in [7, 11) is 0. The van der Waals surface area contributed by atoms with E-state index in [1.165, 1.54) is 5.69 Å². The zero-order valence-electron chi connectivity index (χ0n) is 13.7. The highest BCUT2D eigenvalue weighted by molar-refractivity contribution is 5.67. The Kier molecular flexibility index (Phi) is 7.20. The number of aromatic nitrogens is 1. The van der Waals surface area contributed by atoms with Gasteiger partial charge in [0.25, 0.3) is 0 Å². The number of carbonyl (C=O) groups is 1. The molecule has 1 amide bonds. The number of ether oxygens (including phenoxy) is 1. The van der Waals surface area contributed by atoms with Crippen LogP contribution in [0.4, 0.5) is 4.79 Å². The molecule has 4 heteroatoms. The molecular formula is C17H28N2O2. The van der Waals surface area contributed by atoms with Gasteiger partial charge in [0.15, 0.2) is 0 Å². The van der Waals surface area contributed by atoms with E-state index in [4.69, 9.17) is 4.74 Å². The molecule has 1 aromatic rings. The summed E-state index contributed by atoms with van der Waals surface area (Å²) in [5.41, 5.74) is 1.82. The molecule has 0 unspecified atom stereocenters. The van der Waals surface area contributed by atoms with Crippen LogP contribution >= 0.6 is 0 Å². The number of nitrogens with zero attached hydrogens (tertiary/aromatic N) is 1. The third-order valence-electron chi connectivity index (χ3n) is 2.97. The lowest BCUT2D eigenvalue weighted by Crippen LogP contribution is -2.32. The molecule has 0 bridgehead atoms. The van der Waals surface area contributed by atoms with Gasteiger partial charge in [0, 0.05) is 17.9 Å². The summed E-state index contributed by atoms with van der Waals surface area (Å²) in [6.45, 7) is 8.30. The first-order valence-electron chi connectivity index (χ1n) is 7.76. The van der Waals surface area contributed by atoms with Crippen molar-refractivity contribution in [3.63, 3.8) is 0 Å². The Balaban J connectivity index is 2.01. The molecule has 1 heterocycles. The molecule has 0 aliphatic carbocycles. The minimum Gasteiger partial charge on any atom is -0.444 e. The summed E-state index contributed by atoms with van der Waals surface area (Å²) in [6.07, 6.45) is 5.10. The van der Waals surface area contributed by atoms with Gasteiger partial charge in [-0.3, -0.25) is 4.98 Å². The SMILES string of the molecule is Cc1cccc(CCCCCCNC(=O)OC(C)(C)C)n1. The minimum atomic E-state index is -0.426. The molecular weight excluding hydrogens is 264 g/mol. The molecule has 118 valence electrons. The Morgan fingerprint density at radius 3 is 2.57 bits per heavy atom. The van der Waals surface area contributed by atoms with Crippen molar-refractivity contribution in [3.05, 3.63) is 29.6 Å². The summed E-state index contributed by atoms with van der Waals surface area (Å²) < 4.78 is 5.18. The van der Waals surface area contributed by atoms with Gasteiger partial charge in [-0.05, 0) is 59.1 Å². The van der Waals surface area contributed by atoms with Crippen LogP contribution in [0.3, 0.4) is 0 Å². The van der Waals surface area contributed by atoms with Crippen molar-refractivity contribution >= 4 is 6.09 Å². The van der Waals surface area contributed by atoms with Crippen LogP contribution in [0.15, 0.2) is 18.2 Å². The smallest absolute Gasteiger partial charge is 0.407 e. The maximum absolute atomic E-state index is 11.4. The minimum absolute atomic E-state index is 0.327. The molecule has 21 heavy (non-hydrogen) atoms. The molecule has 0 aliphatic rings. The largest absolute Gasteiger partial charge is 0.444 e. The lowest BCUT2D eigenvalue weighted by Gasteiger charge is -2.19. The third-order valence-corrected chi connectivity index (χ3v) is 2.97. The first-order chi connectivity index (χ1) is 9.87. The summed E-state index contributed by atoms with van der Waals surface area (Å²) in [5, 5.41) is 2.78. The van der Waals surface area contributed by atoms with E-state index in [-0.39, 0.29) is 6.09 Å². The van der Waals surface area contributed by atoms with Gasteiger partial charge >= 0.3 is 6.09 Å². The highest BCUT2D eigenvalue weighted by atomic mass is 16.6. The number of hydrogen-bond donors (Lipinski definition) is 1. The second-order valence-electron chi connectivity index (χ2n) is 6.36. The fourth-order valence-electron chi connectivity index (χ4n) is 2.03. The van der Waals surface area contributed by atoms with Gasteiger partial charge in [-0.25, -0.2) is 4.79 Å². The van der Waals surface area contributed by atoms with Crippen molar-refractivity contribution in [1.82, 2.24) is 10.3 Å². The molecule has 0 saturated heterocycles. The van der Waals surface area contributed by atoms with Crippen LogP contribution in [0.2, 0.25) is 0 Å². The topological polar surface area (TPSA) is 51.2 Å². The number of unbranched alkanes of at least 4 members (excludes halogenated alkanes) is 3. The van der Waals surface area contributed by atoms with Crippen molar-refractivity contribution < 1.29 is 9.53 Å². The van der Waals surface area contributed by atoms with Crippen molar-refractivity contribution in [2.24, 2.45) is 0 Å². The molecule has 1 N–H and O–H groups in total. The lowest BCUT2D eigenvalue weighted by atomic mass is 10.1. The summed E-state index contributed by atoms with van der Waals surface area (Å²) in [4.78, 5) is 15.9. The van der Waals surface area contributed by atoms with E-state index in [9.17, 15) is 4.79 Å². The zero-order chi connectivity index (χ0) is 15.7. The number of carbonyl (C=O) groups excluding carboxylic acids is 1. The van der Waals surface area contributed by atoms with Crippen LogP contribution in [0.1, 0.15) is 57.8 Å². The van der Waals surface area contributed by atoms with Gasteiger partial charge in [-0.2, -0.15) is 0 Å². The van der Waals surface area contributed by atoms with Crippen molar-refractivity contribution in [1.29, 1.82) is 0 Å². The van der Waals surface area contributed by atoms with Crippen LogP contribution in [-0.2, 0) is 11.2 Å². The molecule has 0 aromatic carbocycles. The Morgan fingerprint density at radius 2 is 1.90 bits per heavy atom. The van der Waals surface area contributed by atoms with E-state index in [0.29, 0.717) is 6.54 Å². The van der Waals surface area contributed by atoms with E-state index in [1.807, 2.05) is 33.8 Å². The van der Waals surface area contributed by atoms with Gasteiger partial charge in [-0.15, -0.1) is 0 Å². The Labute approximate surface area is 128 Å². The average molecular weight is 292 g/mol. The Hall–Kier alpha value is -1.58. The summed E-state index contributed by atoms with van der Waals surface area (Å²) >= 11 is 0. The number of amides is 1. The van der Waals surface area contributed by atoms with Crippen LogP contribution in [0.5, 0.6) is 0 Å². The number of alkyl carbamates (subject to hydrolysis) is 1. The van der Waals surface area contributed by atoms with E-state index >= 15 is 0 Å². The van der Waals surface area contributed by atoms with E-state index in [0.717, 1.165) is 37.8 Å². The van der Waals surface area contributed by atoms with Gasteiger partial charge < -0.3 is 10.1 Å². The molecule has 0 radical (unpaired) electrons. The van der Waals surface area contributed by atoms with E-state index in [2.05, 4.69) is 22.4 Å². The molecule has 1 rings (SSSR count). The van der Waals surface area contributed by atoms with Crippen molar-refractivity contribution in [2.45, 2.75) is 65.4 Å². The summed E-state index contributed by atoms with van der Waals surface area (Å²) in [6, 6.07) is 6.16. The van der Waals surface area contributed by atoms with Gasteiger partial charge in [0.2, 0.25) is 0 Å². The monoisotopic (exact) mass is 292 g/mol. The second-order valence-corrected chi connectivity index (χ2v) is 6.36. The Bertz CT molecular complexity index is 439. The molecule has 0 aliphatic heterocycles. The predicted octanol–water partition coefficient (Wildman–Crippen LogP) is 4.02. The normalized spacial score (nSPS) is 11.2. The van der Waals surface area contributed by atoms with Gasteiger partial charge in [0.05, 0.1) is 0 Å². The zero-order valence-corrected chi connectivity index (χ0v) is 13.7. The van der Waals surface area contributed by atoms with Crippen molar-refractivity contribution in [3.8, 4) is 0 Å². The van der Waals surface area contributed by atoms with E-state index in [1.54, 1.807) is 0 Å². The number of aryl methyl sites for hydroxylation is 2. The fourth-order valence-corrected chi connectivity index (χ4v) is 2.03. The standard InChI is InChI=1S/C17H28N2O2/c1-14-10-9-12-15(19-14)11-7-5-6-8-13-18-16(20)21-17(2,3)4/h9-10,12H,5-8,11,13H2,1-4H3,(H,18,20). The maximum atomic E-state index is 11.4. The first-order valence-corrected chi connectivity index (χ1v) is 7.76. The highest BCUT2D eigenvalue weighted by Gasteiger charge is 2.15. The second kappa shape index (κ2) is 8.65. The maximum Gasteiger partial charge on any atom is 0.407 e. The van der Waals surface area contributed by atoms with Crippen LogP contribution in [-0.4, -0.2) is 23.2 Å².